The first-order valence-corrected chi connectivity index (χ1v) is 6.55. The molecule has 0 spiro atoms. The van der Waals surface area contributed by atoms with Crippen molar-refractivity contribution < 1.29 is 19.5 Å². The van der Waals surface area contributed by atoms with E-state index in [1.54, 1.807) is 14.1 Å². The SMILES string of the molecule is CCCN(CC(=O)N(C)C)C(=O)c1ccc(C(=O)O)nc1. The van der Waals surface area contributed by atoms with Crippen molar-refractivity contribution in [2.24, 2.45) is 0 Å². The number of hydrogen-bond donors (Lipinski definition) is 1. The summed E-state index contributed by atoms with van der Waals surface area (Å²) in [6.45, 7) is 2.34. The van der Waals surface area contributed by atoms with Crippen molar-refractivity contribution in [3.05, 3.63) is 29.6 Å². The molecule has 0 saturated carbocycles. The van der Waals surface area contributed by atoms with Gasteiger partial charge >= 0.3 is 5.97 Å². The molecule has 21 heavy (non-hydrogen) atoms. The molecule has 0 bridgehead atoms. The predicted molar refractivity (Wildman–Crippen MR) is 76.1 cm³/mol. The van der Waals surface area contributed by atoms with E-state index in [1.807, 2.05) is 6.92 Å². The lowest BCUT2D eigenvalue weighted by atomic mass is 10.2. The maximum absolute atomic E-state index is 12.3. The van der Waals surface area contributed by atoms with Gasteiger partial charge in [-0.15, -0.1) is 0 Å². The monoisotopic (exact) mass is 293 g/mol. The Morgan fingerprint density at radius 1 is 1.24 bits per heavy atom. The highest BCUT2D eigenvalue weighted by Gasteiger charge is 2.19. The zero-order chi connectivity index (χ0) is 16.0. The predicted octanol–water partition coefficient (Wildman–Crippen LogP) is 0.720. The molecule has 0 fully saturated rings. The van der Waals surface area contributed by atoms with Crippen LogP contribution in [0.15, 0.2) is 18.3 Å². The van der Waals surface area contributed by atoms with Crippen molar-refractivity contribution in [1.82, 2.24) is 14.8 Å². The molecule has 1 heterocycles. The number of pyridine rings is 1. The maximum atomic E-state index is 12.3. The second-order valence-corrected chi connectivity index (χ2v) is 4.75. The number of carboxylic acids is 1. The fourth-order valence-corrected chi connectivity index (χ4v) is 1.66. The molecular formula is C14H19N3O4. The lowest BCUT2D eigenvalue weighted by Gasteiger charge is -2.23. The minimum atomic E-state index is -1.15. The molecule has 1 aromatic heterocycles. The van der Waals surface area contributed by atoms with Gasteiger partial charge in [0, 0.05) is 26.8 Å². The van der Waals surface area contributed by atoms with Crippen LogP contribution in [0, 0.1) is 0 Å². The van der Waals surface area contributed by atoms with E-state index in [0.29, 0.717) is 13.0 Å². The van der Waals surface area contributed by atoms with Crippen molar-refractivity contribution in [2.75, 3.05) is 27.2 Å². The summed E-state index contributed by atoms with van der Waals surface area (Å²) in [5, 5.41) is 8.78. The van der Waals surface area contributed by atoms with Crippen LogP contribution in [0.2, 0.25) is 0 Å². The maximum Gasteiger partial charge on any atom is 0.354 e. The summed E-state index contributed by atoms with van der Waals surface area (Å²) >= 11 is 0. The summed E-state index contributed by atoms with van der Waals surface area (Å²) < 4.78 is 0. The van der Waals surface area contributed by atoms with E-state index in [4.69, 9.17) is 5.11 Å². The molecule has 2 amide bonds. The molecule has 0 aliphatic rings. The molecular weight excluding hydrogens is 274 g/mol. The molecule has 0 unspecified atom stereocenters. The third-order valence-electron chi connectivity index (χ3n) is 2.84. The standard InChI is InChI=1S/C14H19N3O4/c1-4-7-17(9-12(18)16(2)3)13(19)10-5-6-11(14(20)21)15-8-10/h5-6,8H,4,7,9H2,1-3H3,(H,20,21). The number of aromatic nitrogens is 1. The first kappa shape index (κ1) is 16.6. The molecule has 0 aliphatic heterocycles. The number of carbonyl (C=O) groups excluding carboxylic acids is 2. The van der Waals surface area contributed by atoms with Crippen molar-refractivity contribution in [1.29, 1.82) is 0 Å². The van der Waals surface area contributed by atoms with Crippen molar-refractivity contribution in [2.45, 2.75) is 13.3 Å². The van der Waals surface area contributed by atoms with Crippen LogP contribution in [0.1, 0.15) is 34.2 Å². The largest absolute Gasteiger partial charge is 0.477 e. The van der Waals surface area contributed by atoms with E-state index in [9.17, 15) is 14.4 Å². The van der Waals surface area contributed by atoms with E-state index in [2.05, 4.69) is 4.98 Å². The second kappa shape index (κ2) is 7.37. The topological polar surface area (TPSA) is 90.8 Å². The number of likely N-dealkylation sites (N-methyl/N-ethyl adjacent to an activating group) is 1. The van der Waals surface area contributed by atoms with Crippen LogP contribution in [0.4, 0.5) is 0 Å². The zero-order valence-electron chi connectivity index (χ0n) is 12.4. The van der Waals surface area contributed by atoms with Crippen LogP contribution in [0.5, 0.6) is 0 Å². The molecule has 7 heteroatoms. The van der Waals surface area contributed by atoms with Gasteiger partial charge in [0.2, 0.25) is 5.91 Å². The van der Waals surface area contributed by atoms with Gasteiger partial charge in [-0.1, -0.05) is 6.92 Å². The van der Waals surface area contributed by atoms with E-state index in [0.717, 1.165) is 0 Å². The zero-order valence-corrected chi connectivity index (χ0v) is 12.4. The van der Waals surface area contributed by atoms with Gasteiger partial charge in [-0.3, -0.25) is 9.59 Å². The molecule has 114 valence electrons. The van der Waals surface area contributed by atoms with Crippen LogP contribution >= 0.6 is 0 Å². The molecule has 0 aliphatic carbocycles. The Hall–Kier alpha value is -2.44. The van der Waals surface area contributed by atoms with Crippen LogP contribution in [0.25, 0.3) is 0 Å². The summed E-state index contributed by atoms with van der Waals surface area (Å²) in [5.41, 5.74) is 0.137. The fourth-order valence-electron chi connectivity index (χ4n) is 1.66. The number of rotatable bonds is 6. The molecule has 0 saturated heterocycles. The highest BCUT2D eigenvalue weighted by atomic mass is 16.4. The van der Waals surface area contributed by atoms with Crippen LogP contribution in [-0.4, -0.2) is 64.9 Å². The van der Waals surface area contributed by atoms with E-state index in [1.165, 1.54) is 28.1 Å². The van der Waals surface area contributed by atoms with Crippen molar-refractivity contribution in [3.8, 4) is 0 Å². The fraction of sp³-hybridized carbons (Fsp3) is 0.429. The van der Waals surface area contributed by atoms with Gasteiger partial charge in [-0.05, 0) is 18.6 Å². The van der Waals surface area contributed by atoms with Crippen LogP contribution in [-0.2, 0) is 4.79 Å². The van der Waals surface area contributed by atoms with Gasteiger partial charge in [0.1, 0.15) is 12.2 Å². The Labute approximate surface area is 123 Å². The summed E-state index contributed by atoms with van der Waals surface area (Å²) in [7, 11) is 3.25. The Bertz CT molecular complexity index is 526. The smallest absolute Gasteiger partial charge is 0.354 e. The summed E-state index contributed by atoms with van der Waals surface area (Å²) in [6, 6.07) is 2.68. The molecule has 0 atom stereocenters. The minimum Gasteiger partial charge on any atom is -0.477 e. The van der Waals surface area contributed by atoms with Gasteiger partial charge < -0.3 is 14.9 Å². The van der Waals surface area contributed by atoms with Crippen LogP contribution < -0.4 is 0 Å². The molecule has 1 aromatic rings. The number of carbonyl (C=O) groups is 3. The Kier molecular flexibility index (Phi) is 5.83. The number of aromatic carboxylic acids is 1. The lowest BCUT2D eigenvalue weighted by Crippen LogP contribution is -2.40. The number of hydrogen-bond acceptors (Lipinski definition) is 4. The molecule has 1 rings (SSSR count). The van der Waals surface area contributed by atoms with Crippen LogP contribution in [0.3, 0.4) is 0 Å². The average Bonchev–Trinajstić information content (AvgIpc) is 2.45. The van der Waals surface area contributed by atoms with E-state index < -0.39 is 5.97 Å². The average molecular weight is 293 g/mol. The van der Waals surface area contributed by atoms with E-state index in [-0.39, 0.29) is 29.6 Å². The van der Waals surface area contributed by atoms with Gasteiger partial charge in [0.05, 0.1) is 5.56 Å². The van der Waals surface area contributed by atoms with Crippen molar-refractivity contribution >= 4 is 17.8 Å². The third-order valence-corrected chi connectivity index (χ3v) is 2.84. The first-order valence-electron chi connectivity index (χ1n) is 6.55. The molecule has 1 N–H and O–H groups in total. The first-order chi connectivity index (χ1) is 9.86. The second-order valence-electron chi connectivity index (χ2n) is 4.75. The lowest BCUT2D eigenvalue weighted by molar-refractivity contribution is -0.129. The highest BCUT2D eigenvalue weighted by molar-refractivity contribution is 5.96. The van der Waals surface area contributed by atoms with Crippen molar-refractivity contribution in [3.63, 3.8) is 0 Å². The van der Waals surface area contributed by atoms with E-state index >= 15 is 0 Å². The number of amides is 2. The van der Waals surface area contributed by atoms with Gasteiger partial charge in [0.25, 0.3) is 5.91 Å². The number of carboxylic acid groups (broad SMARTS) is 1. The molecule has 7 nitrogen and oxygen atoms in total. The highest BCUT2D eigenvalue weighted by Crippen LogP contribution is 2.06. The Morgan fingerprint density at radius 2 is 1.90 bits per heavy atom. The Balaban J connectivity index is 2.89. The normalized spacial score (nSPS) is 10.0. The van der Waals surface area contributed by atoms with Gasteiger partial charge in [-0.2, -0.15) is 0 Å². The number of nitrogens with zero attached hydrogens (tertiary/aromatic N) is 3. The summed E-state index contributed by atoms with van der Waals surface area (Å²) in [5.74, 6) is -1.66. The molecule has 0 radical (unpaired) electrons. The summed E-state index contributed by atoms with van der Waals surface area (Å²) in [6.07, 6.45) is 1.93. The Morgan fingerprint density at radius 3 is 2.33 bits per heavy atom. The van der Waals surface area contributed by atoms with Gasteiger partial charge in [-0.25, -0.2) is 9.78 Å². The third kappa shape index (κ3) is 4.55. The minimum absolute atomic E-state index is 0.0135. The summed E-state index contributed by atoms with van der Waals surface area (Å²) in [4.78, 5) is 41.4. The quantitative estimate of drug-likeness (QED) is 0.834. The van der Waals surface area contributed by atoms with Gasteiger partial charge in [0.15, 0.2) is 0 Å². The molecule has 0 aromatic carbocycles.